The Bertz CT molecular complexity index is 3190. The number of nitrogens with one attached hydrogen (secondary N) is 1. The summed E-state index contributed by atoms with van der Waals surface area (Å²) in [7, 11) is 0. The second-order valence-electron chi connectivity index (χ2n) is 14.3. The fourth-order valence-corrected chi connectivity index (χ4v) is 8.05. The molecule has 4 nitrogen and oxygen atoms in total. The van der Waals surface area contributed by atoms with Crippen molar-refractivity contribution in [3.05, 3.63) is 205 Å². The van der Waals surface area contributed by atoms with Crippen LogP contribution in [0, 0.1) is 0 Å². The molecule has 10 aromatic rings. The first kappa shape index (κ1) is 31.2. The molecule has 1 N–H and O–H groups in total. The van der Waals surface area contributed by atoms with E-state index >= 15 is 0 Å². The van der Waals surface area contributed by atoms with Crippen molar-refractivity contribution in [3.8, 4) is 22.3 Å². The van der Waals surface area contributed by atoms with Gasteiger partial charge >= 0.3 is 0 Å². The summed E-state index contributed by atoms with van der Waals surface area (Å²) in [6.45, 7) is 0. The smallest absolute Gasteiger partial charge is 0.159 e. The van der Waals surface area contributed by atoms with Crippen LogP contribution in [0.1, 0.15) is 22.9 Å². The van der Waals surface area contributed by atoms with Gasteiger partial charge in [-0.15, -0.1) is 0 Å². The maximum Gasteiger partial charge on any atom is 0.159 e. The Kier molecular flexibility index (Phi) is 7.20. The summed E-state index contributed by atoms with van der Waals surface area (Å²) in [4.78, 5) is 10.5. The molecule has 4 heteroatoms. The number of furan rings is 1. The lowest BCUT2D eigenvalue weighted by Crippen LogP contribution is -2.33. The Balaban J connectivity index is 1.00. The number of nitrogens with zero attached hydrogens (tertiary/aromatic N) is 2. The molecule has 0 saturated carbocycles. The molecule has 258 valence electrons. The van der Waals surface area contributed by atoms with E-state index < -0.39 is 0 Å². The summed E-state index contributed by atoms with van der Waals surface area (Å²) in [6.07, 6.45) is -0.318. The Morgan fingerprint density at radius 1 is 0.400 bits per heavy atom. The summed E-state index contributed by atoms with van der Waals surface area (Å²) in [6, 6.07) is 66.6. The molecule has 0 fully saturated rings. The van der Waals surface area contributed by atoms with Crippen LogP contribution >= 0.6 is 0 Å². The second kappa shape index (κ2) is 12.7. The lowest BCUT2D eigenvalue weighted by Gasteiger charge is -2.24. The van der Waals surface area contributed by atoms with E-state index in [2.05, 4.69) is 181 Å². The zero-order chi connectivity index (χ0) is 36.3. The summed E-state index contributed by atoms with van der Waals surface area (Å²) in [5.74, 6) is 1.50. The zero-order valence-electron chi connectivity index (χ0n) is 29.8. The van der Waals surface area contributed by atoms with Gasteiger partial charge in [0.25, 0.3) is 0 Å². The normalized spacial score (nSPS) is 14.4. The van der Waals surface area contributed by atoms with Gasteiger partial charge in [-0.1, -0.05) is 146 Å². The van der Waals surface area contributed by atoms with Crippen molar-refractivity contribution in [2.75, 3.05) is 0 Å². The van der Waals surface area contributed by atoms with E-state index in [1.807, 2.05) is 12.1 Å². The second-order valence-corrected chi connectivity index (χ2v) is 14.3. The van der Waals surface area contributed by atoms with Crippen LogP contribution in [0.3, 0.4) is 0 Å². The van der Waals surface area contributed by atoms with E-state index in [4.69, 9.17) is 14.4 Å². The number of hydrogen-bond donors (Lipinski definition) is 1. The average Bonchev–Trinajstić information content (AvgIpc) is 3.63. The number of benzene rings is 9. The van der Waals surface area contributed by atoms with Crippen LogP contribution in [-0.2, 0) is 0 Å². The molecule has 1 aliphatic rings. The van der Waals surface area contributed by atoms with Crippen LogP contribution in [0.4, 0.5) is 0 Å². The largest absolute Gasteiger partial charge is 0.456 e. The van der Waals surface area contributed by atoms with Crippen LogP contribution in [-0.4, -0.2) is 11.7 Å². The molecule has 1 aliphatic heterocycles. The molecule has 0 bridgehead atoms. The molecule has 1 atom stereocenters. The fourth-order valence-electron chi connectivity index (χ4n) is 8.05. The minimum absolute atomic E-state index is 0.318. The molecule has 55 heavy (non-hydrogen) atoms. The van der Waals surface area contributed by atoms with E-state index in [0.717, 1.165) is 60.8 Å². The number of rotatable bonds is 5. The van der Waals surface area contributed by atoms with Crippen molar-refractivity contribution in [3.63, 3.8) is 0 Å². The predicted molar refractivity (Wildman–Crippen MR) is 229 cm³/mol. The quantitative estimate of drug-likeness (QED) is 0.194. The lowest BCUT2D eigenvalue weighted by molar-refractivity contribution is 0.669. The first-order valence-electron chi connectivity index (χ1n) is 18.7. The van der Waals surface area contributed by atoms with Gasteiger partial charge in [0.2, 0.25) is 0 Å². The SMILES string of the molecule is c1ccc(-c2ccc3cc(C4=NC(c5ccc6ccccc6c5)NC(c5ccc6c(-c7ccc8oc9ccccc9c8c7)cccc6c5)=N4)ccc3c2)cc1. The molecule has 0 saturated heterocycles. The van der Waals surface area contributed by atoms with Gasteiger partial charge in [-0.05, 0) is 103 Å². The van der Waals surface area contributed by atoms with Gasteiger partial charge < -0.3 is 9.73 Å². The third-order valence-corrected chi connectivity index (χ3v) is 10.9. The molecule has 11 rings (SSSR count). The lowest BCUT2D eigenvalue weighted by atomic mass is 9.95. The van der Waals surface area contributed by atoms with Gasteiger partial charge in [0, 0.05) is 21.9 Å². The Morgan fingerprint density at radius 3 is 1.98 bits per heavy atom. The van der Waals surface area contributed by atoms with Gasteiger partial charge in [0.05, 0.1) is 0 Å². The highest BCUT2D eigenvalue weighted by molar-refractivity contribution is 6.15. The predicted octanol–water partition coefficient (Wildman–Crippen LogP) is 12.9. The standard InChI is InChI=1S/C51H33N3O/c1-2-9-32(10-3-1)35-18-19-37-29-41(22-20-36(37)27-35)50-52-49(40-21-17-33-11-4-5-12-34(33)28-40)53-51(54-50)42-23-25-44-38(30-42)13-8-15-43(44)39-24-26-48-46(31-39)45-14-6-7-16-47(45)55-48/h1-31,49H,(H,52,53,54). The van der Waals surface area contributed by atoms with Gasteiger partial charge in [-0.2, -0.15) is 0 Å². The highest BCUT2D eigenvalue weighted by Crippen LogP contribution is 2.36. The maximum atomic E-state index is 6.13. The number of fused-ring (bicyclic) bond motifs is 6. The number of hydrogen-bond acceptors (Lipinski definition) is 4. The molecule has 1 unspecified atom stereocenters. The van der Waals surface area contributed by atoms with Gasteiger partial charge in [0.1, 0.15) is 23.2 Å². The van der Waals surface area contributed by atoms with Crippen LogP contribution in [0.5, 0.6) is 0 Å². The number of amidine groups is 2. The average molecular weight is 704 g/mol. The Hall–Kier alpha value is -7.30. The topological polar surface area (TPSA) is 49.9 Å². The van der Waals surface area contributed by atoms with E-state index in [0.29, 0.717) is 5.84 Å². The molecule has 0 spiro atoms. The first-order valence-corrected chi connectivity index (χ1v) is 18.7. The van der Waals surface area contributed by atoms with Crippen molar-refractivity contribution in [2.45, 2.75) is 6.17 Å². The summed E-state index contributed by atoms with van der Waals surface area (Å²) in [5, 5.41) is 13.0. The summed E-state index contributed by atoms with van der Waals surface area (Å²) in [5.41, 5.74) is 9.62. The van der Waals surface area contributed by atoms with E-state index in [9.17, 15) is 0 Å². The first-order chi connectivity index (χ1) is 27.2. The van der Waals surface area contributed by atoms with Gasteiger partial charge in [0.15, 0.2) is 5.84 Å². The minimum Gasteiger partial charge on any atom is -0.456 e. The minimum atomic E-state index is -0.318. The van der Waals surface area contributed by atoms with Crippen molar-refractivity contribution in [1.29, 1.82) is 0 Å². The molecule has 9 aromatic carbocycles. The maximum absolute atomic E-state index is 6.13. The number of aliphatic imine (C=N–C) groups is 2. The van der Waals surface area contributed by atoms with Crippen LogP contribution in [0.2, 0.25) is 0 Å². The molecule has 1 aromatic heterocycles. The Labute approximate surface area is 317 Å². The molecular weight excluding hydrogens is 671 g/mol. The number of para-hydroxylation sites is 1. The van der Waals surface area contributed by atoms with Crippen LogP contribution in [0.15, 0.2) is 202 Å². The highest BCUT2D eigenvalue weighted by Gasteiger charge is 2.22. The van der Waals surface area contributed by atoms with E-state index in [-0.39, 0.29) is 6.17 Å². The van der Waals surface area contributed by atoms with Crippen molar-refractivity contribution < 1.29 is 4.42 Å². The fraction of sp³-hybridized carbons (Fsp3) is 0.0196. The molecule has 0 radical (unpaired) electrons. The molecule has 0 amide bonds. The summed E-state index contributed by atoms with van der Waals surface area (Å²) < 4.78 is 6.13. The van der Waals surface area contributed by atoms with Crippen molar-refractivity contribution in [1.82, 2.24) is 5.32 Å². The van der Waals surface area contributed by atoms with E-state index in [1.54, 1.807) is 0 Å². The Morgan fingerprint density at radius 2 is 1.07 bits per heavy atom. The molecule has 2 heterocycles. The molecular formula is C51H33N3O. The summed E-state index contributed by atoms with van der Waals surface area (Å²) >= 11 is 0. The molecule has 0 aliphatic carbocycles. The highest BCUT2D eigenvalue weighted by atomic mass is 16.3. The monoisotopic (exact) mass is 703 g/mol. The van der Waals surface area contributed by atoms with Gasteiger partial charge in [-0.3, -0.25) is 0 Å². The van der Waals surface area contributed by atoms with Crippen molar-refractivity contribution >= 4 is 65.9 Å². The van der Waals surface area contributed by atoms with Crippen LogP contribution < -0.4 is 5.32 Å². The van der Waals surface area contributed by atoms with Crippen LogP contribution in [0.25, 0.3) is 76.5 Å². The zero-order valence-corrected chi connectivity index (χ0v) is 29.8. The van der Waals surface area contributed by atoms with E-state index in [1.165, 1.54) is 38.2 Å². The third kappa shape index (κ3) is 5.55. The van der Waals surface area contributed by atoms with Gasteiger partial charge in [-0.25, -0.2) is 9.98 Å². The third-order valence-electron chi connectivity index (χ3n) is 10.9. The van der Waals surface area contributed by atoms with Crippen molar-refractivity contribution in [2.24, 2.45) is 9.98 Å².